The van der Waals surface area contributed by atoms with Gasteiger partial charge in [0, 0.05) is 16.5 Å². The highest BCUT2D eigenvalue weighted by Gasteiger charge is 2.47. The summed E-state index contributed by atoms with van der Waals surface area (Å²) in [5, 5.41) is 0.939. The standard InChI is InChI=1S/C28H25N3O4/c1-27(2,3)35-26(32)31-21-10-6-4-8-17(21)15-22(31)18-12-13-24-20(14-18)28(16-33-25(29)30-28)19-9-5-7-11-23(19)34-24/h4-15H,16H2,1-3H3,(H2,29,30)/t28-/m1/s1. The van der Waals surface area contributed by atoms with Crippen molar-refractivity contribution in [2.45, 2.75) is 31.9 Å². The lowest BCUT2D eigenvalue weighted by Crippen LogP contribution is -2.31. The monoisotopic (exact) mass is 467 g/mol. The van der Waals surface area contributed by atoms with Crippen LogP contribution in [0.1, 0.15) is 31.9 Å². The molecule has 7 heteroatoms. The van der Waals surface area contributed by atoms with Crippen LogP contribution in [0.4, 0.5) is 4.79 Å². The van der Waals surface area contributed by atoms with Gasteiger partial charge in [0.1, 0.15) is 23.7 Å². The Labute approximate surface area is 202 Å². The molecule has 0 saturated heterocycles. The van der Waals surface area contributed by atoms with E-state index in [1.54, 1.807) is 4.57 Å². The third-order valence-electron chi connectivity index (χ3n) is 6.29. The minimum atomic E-state index is -0.826. The van der Waals surface area contributed by atoms with E-state index in [2.05, 4.69) is 0 Å². The zero-order valence-corrected chi connectivity index (χ0v) is 19.7. The summed E-state index contributed by atoms with van der Waals surface area (Å²) < 4.78 is 19.3. The van der Waals surface area contributed by atoms with Gasteiger partial charge in [-0.05, 0) is 62.7 Å². The molecule has 2 aliphatic heterocycles. The summed E-state index contributed by atoms with van der Waals surface area (Å²) in [4.78, 5) is 18.1. The number of aliphatic imine (C=N–C) groups is 1. The van der Waals surface area contributed by atoms with E-state index in [0.717, 1.165) is 33.3 Å². The van der Waals surface area contributed by atoms with Gasteiger partial charge in [-0.15, -0.1) is 0 Å². The smallest absolute Gasteiger partial charge is 0.419 e. The molecule has 0 amide bonds. The number of hydrogen-bond acceptors (Lipinski definition) is 6. The number of rotatable bonds is 1. The molecule has 0 fully saturated rings. The second-order valence-electron chi connectivity index (χ2n) is 9.81. The Balaban J connectivity index is 1.56. The van der Waals surface area contributed by atoms with Crippen LogP contribution in [-0.4, -0.2) is 28.9 Å². The molecule has 3 heterocycles. The Hall–Kier alpha value is -4.26. The molecule has 6 rings (SSSR count). The summed E-state index contributed by atoms with van der Waals surface area (Å²) in [5.74, 6) is 1.40. The summed E-state index contributed by atoms with van der Waals surface area (Å²) in [7, 11) is 0. The highest BCUT2D eigenvalue weighted by molar-refractivity contribution is 5.96. The Morgan fingerprint density at radius 3 is 2.51 bits per heavy atom. The molecule has 0 saturated carbocycles. The maximum absolute atomic E-state index is 13.3. The van der Waals surface area contributed by atoms with E-state index in [-0.39, 0.29) is 12.6 Å². The number of ether oxygens (including phenoxy) is 3. The molecule has 1 spiro atoms. The predicted molar refractivity (Wildman–Crippen MR) is 134 cm³/mol. The molecule has 4 aromatic rings. The molecule has 2 aliphatic rings. The molecular formula is C28H25N3O4. The van der Waals surface area contributed by atoms with Crippen molar-refractivity contribution in [3.8, 4) is 22.8 Å². The Kier molecular flexibility index (Phi) is 4.48. The van der Waals surface area contributed by atoms with Crippen LogP contribution in [0.2, 0.25) is 0 Å². The lowest BCUT2D eigenvalue weighted by molar-refractivity contribution is 0.0547. The van der Waals surface area contributed by atoms with E-state index in [1.807, 2.05) is 93.6 Å². The van der Waals surface area contributed by atoms with Crippen molar-refractivity contribution in [2.24, 2.45) is 10.7 Å². The van der Waals surface area contributed by atoms with Gasteiger partial charge < -0.3 is 19.9 Å². The van der Waals surface area contributed by atoms with Crippen molar-refractivity contribution in [1.29, 1.82) is 0 Å². The maximum atomic E-state index is 13.3. The number of nitrogens with two attached hydrogens (primary N) is 1. The summed E-state index contributed by atoms with van der Waals surface area (Å²) >= 11 is 0. The minimum Gasteiger partial charge on any atom is -0.462 e. The molecule has 1 atom stereocenters. The average Bonchev–Trinajstić information content (AvgIpc) is 3.40. The number of amidine groups is 1. The lowest BCUT2D eigenvalue weighted by atomic mass is 9.80. The first-order valence-corrected chi connectivity index (χ1v) is 11.5. The third kappa shape index (κ3) is 3.34. The average molecular weight is 468 g/mol. The normalized spacial score (nSPS) is 18.4. The SMILES string of the molecule is CC(C)(C)OC(=O)n1c(-c2ccc3c(c2)[C@@]2(COC(N)=N2)c2ccccc2O3)cc2ccccc21. The van der Waals surface area contributed by atoms with Crippen LogP contribution in [0.25, 0.3) is 22.2 Å². The number of fused-ring (bicyclic) bond motifs is 5. The minimum absolute atomic E-state index is 0.140. The van der Waals surface area contributed by atoms with Crippen LogP contribution in [0.15, 0.2) is 77.8 Å². The maximum Gasteiger partial charge on any atom is 0.419 e. The van der Waals surface area contributed by atoms with E-state index in [0.29, 0.717) is 11.4 Å². The third-order valence-corrected chi connectivity index (χ3v) is 6.29. The van der Waals surface area contributed by atoms with E-state index < -0.39 is 17.2 Å². The van der Waals surface area contributed by atoms with Crippen molar-refractivity contribution < 1.29 is 19.0 Å². The summed E-state index contributed by atoms with van der Waals surface area (Å²) in [6.45, 7) is 5.84. The van der Waals surface area contributed by atoms with Gasteiger partial charge in [0.15, 0.2) is 5.54 Å². The molecule has 3 aromatic carbocycles. The van der Waals surface area contributed by atoms with Crippen LogP contribution in [0, 0.1) is 0 Å². The van der Waals surface area contributed by atoms with Gasteiger partial charge in [0.25, 0.3) is 6.02 Å². The van der Waals surface area contributed by atoms with Crippen molar-refractivity contribution >= 4 is 23.0 Å². The largest absolute Gasteiger partial charge is 0.462 e. The number of carbonyl (C=O) groups excluding carboxylic acids is 1. The number of para-hydroxylation sites is 2. The fourth-order valence-corrected chi connectivity index (χ4v) is 4.84. The van der Waals surface area contributed by atoms with E-state index in [9.17, 15) is 4.79 Å². The van der Waals surface area contributed by atoms with Crippen molar-refractivity contribution in [3.63, 3.8) is 0 Å². The fraction of sp³-hybridized carbons (Fsp3) is 0.214. The molecule has 0 aliphatic carbocycles. The Morgan fingerprint density at radius 1 is 1.00 bits per heavy atom. The highest BCUT2D eigenvalue weighted by Crippen LogP contribution is 2.51. The van der Waals surface area contributed by atoms with Gasteiger partial charge in [-0.3, -0.25) is 0 Å². The van der Waals surface area contributed by atoms with Gasteiger partial charge in [0.05, 0.1) is 11.2 Å². The molecular weight excluding hydrogens is 442 g/mol. The van der Waals surface area contributed by atoms with Crippen molar-refractivity contribution in [1.82, 2.24) is 4.57 Å². The molecule has 0 unspecified atom stereocenters. The van der Waals surface area contributed by atoms with E-state index >= 15 is 0 Å². The summed E-state index contributed by atoms with van der Waals surface area (Å²) in [6.07, 6.45) is -0.436. The molecule has 2 N–H and O–H groups in total. The zero-order valence-electron chi connectivity index (χ0n) is 19.7. The van der Waals surface area contributed by atoms with Crippen LogP contribution < -0.4 is 10.5 Å². The Bertz CT molecular complexity index is 1530. The quantitative estimate of drug-likeness (QED) is 0.383. The topological polar surface area (TPSA) is 88.1 Å². The zero-order chi connectivity index (χ0) is 24.4. The first kappa shape index (κ1) is 21.3. The molecule has 1 aromatic heterocycles. The summed E-state index contributed by atoms with van der Waals surface area (Å²) in [6, 6.07) is 23.5. The van der Waals surface area contributed by atoms with Crippen LogP contribution in [-0.2, 0) is 15.0 Å². The van der Waals surface area contributed by atoms with Crippen molar-refractivity contribution in [3.05, 3.63) is 83.9 Å². The fourth-order valence-electron chi connectivity index (χ4n) is 4.84. The van der Waals surface area contributed by atoms with Crippen LogP contribution >= 0.6 is 0 Å². The molecule has 7 nitrogen and oxygen atoms in total. The van der Waals surface area contributed by atoms with Gasteiger partial charge in [-0.2, -0.15) is 0 Å². The second-order valence-corrected chi connectivity index (χ2v) is 9.81. The predicted octanol–water partition coefficient (Wildman–Crippen LogP) is 5.79. The lowest BCUT2D eigenvalue weighted by Gasteiger charge is -2.33. The van der Waals surface area contributed by atoms with Gasteiger partial charge in [0.2, 0.25) is 0 Å². The number of nitrogens with zero attached hydrogens (tertiary/aromatic N) is 2. The van der Waals surface area contributed by atoms with Gasteiger partial charge in [-0.1, -0.05) is 36.4 Å². The molecule has 35 heavy (non-hydrogen) atoms. The summed E-state index contributed by atoms with van der Waals surface area (Å²) in [5.41, 5.74) is 8.57. The highest BCUT2D eigenvalue weighted by atomic mass is 16.6. The van der Waals surface area contributed by atoms with Crippen LogP contribution in [0.3, 0.4) is 0 Å². The number of benzene rings is 3. The number of carbonyl (C=O) groups is 1. The number of aromatic nitrogens is 1. The van der Waals surface area contributed by atoms with Crippen LogP contribution in [0.5, 0.6) is 11.5 Å². The van der Waals surface area contributed by atoms with Gasteiger partial charge in [-0.25, -0.2) is 14.4 Å². The molecule has 0 bridgehead atoms. The van der Waals surface area contributed by atoms with E-state index in [4.69, 9.17) is 24.9 Å². The Morgan fingerprint density at radius 2 is 1.74 bits per heavy atom. The number of hydrogen-bond donors (Lipinski definition) is 1. The van der Waals surface area contributed by atoms with Gasteiger partial charge >= 0.3 is 6.09 Å². The van der Waals surface area contributed by atoms with Crippen molar-refractivity contribution in [2.75, 3.05) is 6.61 Å². The molecule has 176 valence electrons. The molecule has 0 radical (unpaired) electrons. The second kappa shape index (κ2) is 7.37. The first-order chi connectivity index (χ1) is 16.7. The van der Waals surface area contributed by atoms with E-state index in [1.165, 1.54) is 0 Å². The first-order valence-electron chi connectivity index (χ1n) is 11.5.